The van der Waals surface area contributed by atoms with E-state index in [4.69, 9.17) is 4.74 Å². The van der Waals surface area contributed by atoms with Crippen molar-refractivity contribution >= 4 is 23.6 Å². The van der Waals surface area contributed by atoms with E-state index in [2.05, 4.69) is 0 Å². The molecule has 10 nitrogen and oxygen atoms in total. The summed E-state index contributed by atoms with van der Waals surface area (Å²) >= 11 is 0. The van der Waals surface area contributed by atoms with Crippen LogP contribution in [0.5, 0.6) is 11.5 Å². The minimum atomic E-state index is -0.910. The van der Waals surface area contributed by atoms with E-state index < -0.39 is 59.1 Å². The van der Waals surface area contributed by atoms with Crippen molar-refractivity contribution in [3.63, 3.8) is 0 Å². The molecule has 2 saturated heterocycles. The topological polar surface area (TPSA) is 145 Å². The summed E-state index contributed by atoms with van der Waals surface area (Å²) in [6, 6.07) is 4.40. The van der Waals surface area contributed by atoms with Gasteiger partial charge in [0.25, 0.3) is 23.6 Å². The Morgan fingerprint density at radius 3 is 2.23 bits per heavy atom. The molecule has 3 N–H and O–H groups in total. The standard InChI is InChI=1S/C21H20N2O8/c1-31-14-6-8(24)2-3-10(14)15-9-4-5-11-16(20(27)22(29)18(11)25)12(9)7-13-17(15)21(28)23(30)19(13)26/h2-4,6,11-13,15-17,24,29-30H,5,7H2,1H3. The Morgan fingerprint density at radius 2 is 1.55 bits per heavy atom. The second-order valence-electron chi connectivity index (χ2n) is 8.43. The first-order valence-corrected chi connectivity index (χ1v) is 9.96. The first kappa shape index (κ1) is 19.7. The van der Waals surface area contributed by atoms with Crippen LogP contribution in [0, 0.1) is 29.6 Å². The highest BCUT2D eigenvalue weighted by molar-refractivity contribution is 6.06. The Hall–Kier alpha value is -3.24. The van der Waals surface area contributed by atoms with Crippen molar-refractivity contribution in [3.8, 4) is 11.5 Å². The Kier molecular flexibility index (Phi) is 4.21. The van der Waals surface area contributed by atoms with Gasteiger partial charge >= 0.3 is 0 Å². The summed E-state index contributed by atoms with van der Waals surface area (Å²) in [7, 11) is 1.41. The van der Waals surface area contributed by atoms with Crippen LogP contribution in [0.4, 0.5) is 0 Å². The lowest BCUT2D eigenvalue weighted by Gasteiger charge is -2.44. The normalized spacial score (nSPS) is 34.5. The van der Waals surface area contributed by atoms with Gasteiger partial charge in [0.1, 0.15) is 11.5 Å². The van der Waals surface area contributed by atoms with E-state index in [0.717, 1.165) is 0 Å². The van der Waals surface area contributed by atoms with Crippen LogP contribution in [0.2, 0.25) is 0 Å². The maximum atomic E-state index is 12.8. The van der Waals surface area contributed by atoms with Crippen molar-refractivity contribution in [2.24, 2.45) is 29.6 Å². The Balaban J connectivity index is 1.69. The van der Waals surface area contributed by atoms with Crippen LogP contribution in [-0.2, 0) is 19.2 Å². The number of hydroxylamine groups is 4. The molecule has 0 aromatic heterocycles. The summed E-state index contributed by atoms with van der Waals surface area (Å²) in [6.07, 6.45) is 2.10. The summed E-state index contributed by atoms with van der Waals surface area (Å²) in [4.78, 5) is 50.5. The summed E-state index contributed by atoms with van der Waals surface area (Å²) in [5.74, 6) is -7.31. The van der Waals surface area contributed by atoms with Gasteiger partial charge in [0.05, 0.1) is 30.8 Å². The number of fused-ring (bicyclic) bond motifs is 4. The summed E-state index contributed by atoms with van der Waals surface area (Å²) in [6.45, 7) is 0. The molecule has 5 rings (SSSR count). The number of nitrogens with zero attached hydrogens (tertiary/aromatic N) is 2. The first-order valence-electron chi connectivity index (χ1n) is 9.96. The number of carbonyl (C=O) groups excluding carboxylic acids is 4. The number of phenolic OH excluding ortho intramolecular Hbond substituents is 1. The van der Waals surface area contributed by atoms with E-state index >= 15 is 0 Å². The van der Waals surface area contributed by atoms with Crippen molar-refractivity contribution in [2.45, 2.75) is 18.8 Å². The number of methoxy groups -OCH3 is 1. The molecule has 0 bridgehead atoms. The number of hydrogen-bond acceptors (Lipinski definition) is 8. The van der Waals surface area contributed by atoms with Crippen LogP contribution in [-0.4, -0.2) is 56.4 Å². The zero-order valence-electron chi connectivity index (χ0n) is 16.5. The number of rotatable bonds is 2. The fourth-order valence-electron chi connectivity index (χ4n) is 5.86. The molecule has 0 radical (unpaired) electrons. The van der Waals surface area contributed by atoms with Gasteiger partial charge in [-0.15, -0.1) is 0 Å². The first-order chi connectivity index (χ1) is 14.8. The molecule has 1 aromatic carbocycles. The molecule has 1 aromatic rings. The molecule has 2 heterocycles. The van der Waals surface area contributed by atoms with Crippen LogP contribution in [0.1, 0.15) is 24.3 Å². The summed E-state index contributed by atoms with van der Waals surface area (Å²) < 4.78 is 5.41. The highest BCUT2D eigenvalue weighted by Gasteiger charge is 2.62. The molecule has 1 saturated carbocycles. The van der Waals surface area contributed by atoms with Gasteiger partial charge < -0.3 is 9.84 Å². The largest absolute Gasteiger partial charge is 0.508 e. The minimum Gasteiger partial charge on any atom is -0.508 e. The van der Waals surface area contributed by atoms with Crippen LogP contribution in [0.25, 0.3) is 0 Å². The number of ether oxygens (including phenoxy) is 1. The van der Waals surface area contributed by atoms with Crippen LogP contribution < -0.4 is 4.74 Å². The maximum Gasteiger partial charge on any atom is 0.258 e. The summed E-state index contributed by atoms with van der Waals surface area (Å²) in [5, 5.41) is 30.1. The lowest BCUT2D eigenvalue weighted by Crippen LogP contribution is -2.43. The van der Waals surface area contributed by atoms with Gasteiger partial charge in [-0.1, -0.05) is 17.7 Å². The van der Waals surface area contributed by atoms with Crippen molar-refractivity contribution in [1.29, 1.82) is 0 Å². The third-order valence-corrected chi connectivity index (χ3v) is 7.15. The number of phenols is 1. The number of benzene rings is 1. The molecule has 162 valence electrons. The molecule has 2 aliphatic carbocycles. The number of amides is 4. The fourth-order valence-corrected chi connectivity index (χ4v) is 5.86. The maximum absolute atomic E-state index is 12.8. The average Bonchev–Trinajstić information content (AvgIpc) is 3.12. The third-order valence-electron chi connectivity index (χ3n) is 7.15. The molecular formula is C21H20N2O8. The summed E-state index contributed by atoms with van der Waals surface area (Å²) in [5.41, 5.74) is 1.22. The fraction of sp³-hybridized carbons (Fsp3) is 0.429. The number of hydrogen-bond donors (Lipinski definition) is 3. The number of imide groups is 2. The molecule has 31 heavy (non-hydrogen) atoms. The molecule has 4 amide bonds. The molecule has 2 aliphatic heterocycles. The number of allylic oxidation sites excluding steroid dienone is 2. The SMILES string of the molecule is COc1cc(O)ccc1C1C2=CCC3C(=O)N(O)C(=O)C3C2CC2C(=O)N(O)C(=O)C21. The zero-order chi connectivity index (χ0) is 22.2. The highest BCUT2D eigenvalue weighted by atomic mass is 16.5. The predicted octanol–water partition coefficient (Wildman–Crippen LogP) is 0.815. The van der Waals surface area contributed by atoms with Crippen molar-refractivity contribution in [2.75, 3.05) is 7.11 Å². The molecule has 10 heteroatoms. The lowest BCUT2D eigenvalue weighted by atomic mass is 9.57. The molecule has 0 spiro atoms. The van der Waals surface area contributed by atoms with E-state index in [1.54, 1.807) is 12.1 Å². The van der Waals surface area contributed by atoms with Gasteiger partial charge in [-0.25, -0.2) is 0 Å². The van der Waals surface area contributed by atoms with E-state index in [1.165, 1.54) is 19.2 Å². The van der Waals surface area contributed by atoms with E-state index in [1.807, 2.05) is 0 Å². The second-order valence-corrected chi connectivity index (χ2v) is 8.43. The van der Waals surface area contributed by atoms with E-state index in [-0.39, 0.29) is 28.7 Å². The molecule has 3 fully saturated rings. The monoisotopic (exact) mass is 428 g/mol. The van der Waals surface area contributed by atoms with Crippen LogP contribution >= 0.6 is 0 Å². The molecular weight excluding hydrogens is 408 g/mol. The molecule has 6 unspecified atom stereocenters. The Labute approximate surface area is 176 Å². The van der Waals surface area contributed by atoms with Crippen molar-refractivity contribution < 1.29 is 39.4 Å². The van der Waals surface area contributed by atoms with Gasteiger partial charge in [0, 0.05) is 17.5 Å². The minimum absolute atomic E-state index is 0.0488. The second kappa shape index (κ2) is 6.63. The van der Waals surface area contributed by atoms with Gasteiger partial charge in [-0.05, 0) is 24.8 Å². The van der Waals surface area contributed by atoms with Crippen LogP contribution in [0.15, 0.2) is 29.8 Å². The van der Waals surface area contributed by atoms with Crippen molar-refractivity contribution in [1.82, 2.24) is 10.1 Å². The van der Waals surface area contributed by atoms with Gasteiger partial charge in [0.2, 0.25) is 0 Å². The van der Waals surface area contributed by atoms with E-state index in [9.17, 15) is 34.7 Å². The lowest BCUT2D eigenvalue weighted by molar-refractivity contribution is -0.174. The van der Waals surface area contributed by atoms with Gasteiger partial charge in [-0.2, -0.15) is 10.1 Å². The smallest absolute Gasteiger partial charge is 0.258 e. The van der Waals surface area contributed by atoms with Gasteiger partial charge in [0.15, 0.2) is 0 Å². The van der Waals surface area contributed by atoms with Crippen molar-refractivity contribution in [3.05, 3.63) is 35.4 Å². The number of aromatic hydroxyl groups is 1. The average molecular weight is 428 g/mol. The Bertz CT molecular complexity index is 1070. The molecule has 4 aliphatic rings. The van der Waals surface area contributed by atoms with Gasteiger partial charge in [-0.3, -0.25) is 29.6 Å². The predicted molar refractivity (Wildman–Crippen MR) is 99.4 cm³/mol. The number of carbonyl (C=O) groups is 4. The third kappa shape index (κ3) is 2.52. The van der Waals surface area contributed by atoms with E-state index in [0.29, 0.717) is 16.9 Å². The van der Waals surface area contributed by atoms with Crippen LogP contribution in [0.3, 0.4) is 0 Å². The quantitative estimate of drug-likeness (QED) is 0.357. The molecule has 6 atom stereocenters. The highest BCUT2D eigenvalue weighted by Crippen LogP contribution is 2.58. The zero-order valence-corrected chi connectivity index (χ0v) is 16.5. The Morgan fingerprint density at radius 1 is 0.903 bits per heavy atom.